The molecule has 0 saturated carbocycles. The molecule has 0 aliphatic heterocycles. The van der Waals surface area contributed by atoms with Crippen LogP contribution in [-0.4, -0.2) is 43.6 Å². The standard InChI is InChI=1S/C22H23F2N5O2/c1-28(2)22(30)19-12-15(9-10-26-19)31-14-7-8-20(18(25)11-14)29(3)13-27-21-16(23)5-4-6-17(21)24/h4-12,27H,13,25H2,1-3H3. The molecule has 0 aliphatic carbocycles. The monoisotopic (exact) mass is 427 g/mol. The predicted molar refractivity (Wildman–Crippen MR) is 116 cm³/mol. The number of halogens is 2. The molecule has 0 radical (unpaired) electrons. The molecule has 1 aromatic heterocycles. The van der Waals surface area contributed by atoms with E-state index in [4.69, 9.17) is 10.5 Å². The van der Waals surface area contributed by atoms with Crippen LogP contribution in [0.5, 0.6) is 11.5 Å². The van der Waals surface area contributed by atoms with E-state index in [0.29, 0.717) is 22.9 Å². The molecule has 0 aliphatic rings. The molecule has 162 valence electrons. The van der Waals surface area contributed by atoms with Crippen molar-refractivity contribution < 1.29 is 18.3 Å². The van der Waals surface area contributed by atoms with E-state index < -0.39 is 11.6 Å². The van der Waals surface area contributed by atoms with Crippen molar-refractivity contribution >= 4 is 23.0 Å². The fourth-order valence-electron chi connectivity index (χ4n) is 2.85. The second-order valence-corrected chi connectivity index (χ2v) is 7.03. The van der Waals surface area contributed by atoms with Gasteiger partial charge in [-0.1, -0.05) is 6.07 Å². The van der Waals surface area contributed by atoms with Gasteiger partial charge in [0, 0.05) is 39.5 Å². The van der Waals surface area contributed by atoms with E-state index in [1.807, 2.05) is 0 Å². The van der Waals surface area contributed by atoms with E-state index in [-0.39, 0.29) is 24.0 Å². The Morgan fingerprint density at radius 3 is 2.39 bits per heavy atom. The number of carbonyl (C=O) groups is 1. The number of amides is 1. The van der Waals surface area contributed by atoms with Gasteiger partial charge in [0.05, 0.1) is 18.0 Å². The van der Waals surface area contributed by atoms with Crippen LogP contribution < -0.4 is 20.7 Å². The first-order valence-electron chi connectivity index (χ1n) is 9.40. The summed E-state index contributed by atoms with van der Waals surface area (Å²) < 4.78 is 33.4. The number of nitrogen functional groups attached to an aromatic ring is 1. The third kappa shape index (κ3) is 5.19. The zero-order valence-corrected chi connectivity index (χ0v) is 17.4. The molecule has 3 aromatic rings. The Hall–Kier alpha value is -3.88. The van der Waals surface area contributed by atoms with Gasteiger partial charge in [-0.25, -0.2) is 8.78 Å². The molecule has 0 unspecified atom stereocenters. The molecule has 7 nitrogen and oxygen atoms in total. The van der Waals surface area contributed by atoms with Crippen molar-refractivity contribution in [1.29, 1.82) is 0 Å². The van der Waals surface area contributed by atoms with Gasteiger partial charge in [0.15, 0.2) is 0 Å². The summed E-state index contributed by atoms with van der Waals surface area (Å²) in [6.07, 6.45) is 1.49. The number of rotatable bonds is 7. The van der Waals surface area contributed by atoms with Crippen molar-refractivity contribution in [3.05, 3.63) is 72.1 Å². The number of nitrogens with two attached hydrogens (primary N) is 1. The Bertz CT molecular complexity index is 1070. The minimum absolute atomic E-state index is 0.128. The average molecular weight is 427 g/mol. The summed E-state index contributed by atoms with van der Waals surface area (Å²) in [5, 5.41) is 2.73. The Morgan fingerprint density at radius 1 is 1.06 bits per heavy atom. The second kappa shape index (κ2) is 9.29. The summed E-state index contributed by atoms with van der Waals surface area (Å²) in [5.41, 5.74) is 7.27. The van der Waals surface area contributed by atoms with Crippen LogP contribution >= 0.6 is 0 Å². The number of anilines is 3. The summed E-state index contributed by atoms with van der Waals surface area (Å²) in [7, 11) is 5.02. The molecule has 0 bridgehead atoms. The van der Waals surface area contributed by atoms with E-state index in [1.165, 1.54) is 29.3 Å². The molecule has 3 N–H and O–H groups in total. The molecule has 31 heavy (non-hydrogen) atoms. The Kier molecular flexibility index (Phi) is 6.54. The molecule has 2 aromatic carbocycles. The highest BCUT2D eigenvalue weighted by Crippen LogP contribution is 2.30. The number of hydrogen-bond donors (Lipinski definition) is 2. The first kappa shape index (κ1) is 21.8. The van der Waals surface area contributed by atoms with E-state index in [2.05, 4.69) is 10.3 Å². The maximum absolute atomic E-state index is 13.8. The molecule has 0 fully saturated rings. The van der Waals surface area contributed by atoms with Gasteiger partial charge in [0.25, 0.3) is 5.91 Å². The Balaban J connectivity index is 1.70. The zero-order chi connectivity index (χ0) is 22.5. The predicted octanol–water partition coefficient (Wildman–Crippen LogP) is 3.94. The van der Waals surface area contributed by atoms with Crippen LogP contribution in [0, 0.1) is 11.6 Å². The quantitative estimate of drug-likeness (QED) is 0.439. The van der Waals surface area contributed by atoms with Crippen molar-refractivity contribution in [3.8, 4) is 11.5 Å². The lowest BCUT2D eigenvalue weighted by Crippen LogP contribution is -2.26. The molecule has 0 atom stereocenters. The number of benzene rings is 2. The third-order valence-corrected chi connectivity index (χ3v) is 4.46. The smallest absolute Gasteiger partial charge is 0.272 e. The Labute approximate surface area is 179 Å². The van der Waals surface area contributed by atoms with Crippen molar-refractivity contribution in [1.82, 2.24) is 9.88 Å². The highest BCUT2D eigenvalue weighted by atomic mass is 19.1. The first-order chi connectivity index (χ1) is 14.8. The molecule has 9 heteroatoms. The van der Waals surface area contributed by atoms with Gasteiger partial charge in [-0.2, -0.15) is 0 Å². The van der Waals surface area contributed by atoms with Gasteiger partial charge in [0.1, 0.15) is 34.5 Å². The van der Waals surface area contributed by atoms with Crippen LogP contribution in [0.25, 0.3) is 0 Å². The SMILES string of the molecule is CN(C)C(=O)c1cc(Oc2ccc(N(C)CNc3c(F)cccc3F)c(N)c2)ccn1. The molecule has 1 heterocycles. The van der Waals surface area contributed by atoms with Crippen LogP contribution in [0.15, 0.2) is 54.7 Å². The second-order valence-electron chi connectivity index (χ2n) is 7.03. The van der Waals surface area contributed by atoms with Crippen molar-refractivity contribution in [3.63, 3.8) is 0 Å². The van der Waals surface area contributed by atoms with Gasteiger partial charge in [-0.15, -0.1) is 0 Å². The van der Waals surface area contributed by atoms with Crippen LogP contribution in [0.2, 0.25) is 0 Å². The molecular weight excluding hydrogens is 404 g/mol. The largest absolute Gasteiger partial charge is 0.457 e. The normalized spacial score (nSPS) is 10.5. The fraction of sp³-hybridized carbons (Fsp3) is 0.182. The Morgan fingerprint density at radius 2 is 1.74 bits per heavy atom. The van der Waals surface area contributed by atoms with E-state index in [0.717, 1.165) is 0 Å². The zero-order valence-electron chi connectivity index (χ0n) is 17.4. The lowest BCUT2D eigenvalue weighted by Gasteiger charge is -2.23. The lowest BCUT2D eigenvalue weighted by molar-refractivity contribution is 0.0821. The number of nitrogens with one attached hydrogen (secondary N) is 1. The van der Waals surface area contributed by atoms with Crippen LogP contribution in [-0.2, 0) is 0 Å². The molecule has 0 saturated heterocycles. The van der Waals surface area contributed by atoms with Gasteiger partial charge in [0.2, 0.25) is 0 Å². The van der Waals surface area contributed by atoms with Crippen LogP contribution in [0.4, 0.5) is 25.8 Å². The highest BCUT2D eigenvalue weighted by Gasteiger charge is 2.13. The minimum Gasteiger partial charge on any atom is -0.457 e. The molecule has 0 spiro atoms. The van der Waals surface area contributed by atoms with E-state index >= 15 is 0 Å². The number of aromatic nitrogens is 1. The number of carbonyl (C=O) groups excluding carboxylic acids is 1. The molecule has 1 amide bonds. The highest BCUT2D eigenvalue weighted by molar-refractivity contribution is 5.92. The van der Waals surface area contributed by atoms with Crippen molar-refractivity contribution in [2.75, 3.05) is 43.8 Å². The summed E-state index contributed by atoms with van der Waals surface area (Å²) in [6, 6.07) is 11.9. The molecule has 3 rings (SSSR count). The van der Waals surface area contributed by atoms with Crippen molar-refractivity contribution in [2.24, 2.45) is 0 Å². The third-order valence-electron chi connectivity index (χ3n) is 4.46. The first-order valence-corrected chi connectivity index (χ1v) is 9.40. The summed E-state index contributed by atoms with van der Waals surface area (Å²) in [4.78, 5) is 19.3. The lowest BCUT2D eigenvalue weighted by atomic mass is 10.2. The van der Waals surface area contributed by atoms with Crippen molar-refractivity contribution in [2.45, 2.75) is 0 Å². The number of nitrogens with zero attached hydrogens (tertiary/aromatic N) is 3. The summed E-state index contributed by atoms with van der Waals surface area (Å²) in [6.45, 7) is 0.128. The van der Waals surface area contributed by atoms with E-state index in [9.17, 15) is 13.6 Å². The summed E-state index contributed by atoms with van der Waals surface area (Å²) >= 11 is 0. The number of pyridine rings is 1. The maximum atomic E-state index is 13.8. The van der Waals surface area contributed by atoms with Gasteiger partial charge in [-0.05, 0) is 30.3 Å². The maximum Gasteiger partial charge on any atom is 0.272 e. The van der Waals surface area contributed by atoms with Crippen LogP contribution in [0.3, 0.4) is 0 Å². The number of hydrogen-bond acceptors (Lipinski definition) is 6. The van der Waals surface area contributed by atoms with Gasteiger partial charge >= 0.3 is 0 Å². The topological polar surface area (TPSA) is 83.7 Å². The molecular formula is C22H23F2N5O2. The minimum atomic E-state index is -0.672. The summed E-state index contributed by atoms with van der Waals surface area (Å²) in [5.74, 6) is -0.667. The van der Waals surface area contributed by atoms with Gasteiger partial charge in [-0.3, -0.25) is 9.78 Å². The van der Waals surface area contributed by atoms with E-state index in [1.54, 1.807) is 56.4 Å². The number of para-hydroxylation sites is 1. The fourth-order valence-corrected chi connectivity index (χ4v) is 2.85. The van der Waals surface area contributed by atoms with Crippen LogP contribution in [0.1, 0.15) is 10.5 Å². The average Bonchev–Trinajstić information content (AvgIpc) is 2.73. The van der Waals surface area contributed by atoms with Gasteiger partial charge < -0.3 is 25.6 Å². The number of ether oxygens (including phenoxy) is 1.